The summed E-state index contributed by atoms with van der Waals surface area (Å²) >= 11 is 0. The van der Waals surface area contributed by atoms with E-state index in [4.69, 9.17) is 9.84 Å². The fourth-order valence-electron chi connectivity index (χ4n) is 1.92. The minimum atomic E-state index is -0.943. The van der Waals surface area contributed by atoms with Crippen LogP contribution in [0.3, 0.4) is 0 Å². The fourth-order valence-corrected chi connectivity index (χ4v) is 1.92. The van der Waals surface area contributed by atoms with Gasteiger partial charge in [-0.25, -0.2) is 0 Å². The largest absolute Gasteiger partial charge is 0.497 e. The van der Waals surface area contributed by atoms with Gasteiger partial charge in [-0.05, 0) is 12.5 Å². The molecule has 0 aliphatic carbocycles. The van der Waals surface area contributed by atoms with E-state index in [1.165, 1.54) is 25.3 Å². The maximum atomic E-state index is 11.0. The normalized spacial score (nSPS) is 11.7. The standard InChI is InChI=1S/C13H18N2O5/c1-3-4-9(7-13(16)17)14-11-8-10(20-2)5-6-12(11)15(18)19/h5-6,8-9,14H,3-4,7H2,1-2H3,(H,16,17). The van der Waals surface area contributed by atoms with Crippen LogP contribution in [0.15, 0.2) is 18.2 Å². The van der Waals surface area contributed by atoms with Gasteiger partial charge in [0.1, 0.15) is 11.4 Å². The number of carboxylic acid groups (broad SMARTS) is 1. The molecule has 1 atom stereocenters. The van der Waals surface area contributed by atoms with Crippen LogP contribution in [0.2, 0.25) is 0 Å². The van der Waals surface area contributed by atoms with Crippen LogP contribution in [0.4, 0.5) is 11.4 Å². The molecule has 0 bridgehead atoms. The summed E-state index contributed by atoms with van der Waals surface area (Å²) in [5.41, 5.74) is 0.173. The van der Waals surface area contributed by atoms with Crippen LogP contribution in [0.1, 0.15) is 26.2 Å². The molecule has 1 aromatic rings. The smallest absolute Gasteiger partial charge is 0.305 e. The first-order valence-corrected chi connectivity index (χ1v) is 6.28. The number of hydrogen-bond donors (Lipinski definition) is 2. The topological polar surface area (TPSA) is 102 Å². The molecule has 7 heteroatoms. The zero-order valence-electron chi connectivity index (χ0n) is 11.5. The summed E-state index contributed by atoms with van der Waals surface area (Å²) in [6, 6.07) is 3.98. The molecule has 0 amide bonds. The number of carboxylic acids is 1. The number of rotatable bonds is 8. The van der Waals surface area contributed by atoms with Gasteiger partial charge in [-0.15, -0.1) is 0 Å². The molecule has 1 aromatic carbocycles. The van der Waals surface area contributed by atoms with E-state index in [-0.39, 0.29) is 23.8 Å². The Kier molecular flexibility index (Phi) is 5.76. The average molecular weight is 282 g/mol. The highest BCUT2D eigenvalue weighted by Crippen LogP contribution is 2.30. The Bertz CT molecular complexity index is 490. The lowest BCUT2D eigenvalue weighted by atomic mass is 10.1. The molecule has 7 nitrogen and oxygen atoms in total. The summed E-state index contributed by atoms with van der Waals surface area (Å²) in [7, 11) is 1.46. The molecule has 0 spiro atoms. The molecule has 0 radical (unpaired) electrons. The number of nitrogens with one attached hydrogen (secondary N) is 1. The second-order valence-electron chi connectivity index (χ2n) is 4.37. The minimum absolute atomic E-state index is 0.0950. The molecular formula is C13H18N2O5. The number of aliphatic carboxylic acids is 1. The van der Waals surface area contributed by atoms with Crippen molar-refractivity contribution >= 4 is 17.3 Å². The second kappa shape index (κ2) is 7.32. The lowest BCUT2D eigenvalue weighted by Crippen LogP contribution is -2.23. The quantitative estimate of drug-likeness (QED) is 0.561. The van der Waals surface area contributed by atoms with E-state index in [1.807, 2.05) is 6.92 Å². The maximum Gasteiger partial charge on any atom is 0.305 e. The van der Waals surface area contributed by atoms with Crippen molar-refractivity contribution in [1.29, 1.82) is 0 Å². The Morgan fingerprint density at radius 1 is 1.55 bits per heavy atom. The molecule has 0 saturated carbocycles. The number of ether oxygens (including phenoxy) is 1. The number of methoxy groups -OCH3 is 1. The first-order valence-electron chi connectivity index (χ1n) is 6.28. The third-order valence-electron chi connectivity index (χ3n) is 2.82. The van der Waals surface area contributed by atoms with E-state index in [2.05, 4.69) is 5.32 Å². The van der Waals surface area contributed by atoms with Crippen LogP contribution in [0, 0.1) is 10.1 Å². The average Bonchev–Trinajstić information content (AvgIpc) is 2.37. The van der Waals surface area contributed by atoms with Gasteiger partial charge in [0.2, 0.25) is 0 Å². The molecule has 1 rings (SSSR count). The van der Waals surface area contributed by atoms with Crippen LogP contribution in [-0.4, -0.2) is 29.2 Å². The van der Waals surface area contributed by atoms with E-state index in [1.54, 1.807) is 0 Å². The van der Waals surface area contributed by atoms with E-state index in [0.717, 1.165) is 6.42 Å². The van der Waals surface area contributed by atoms with Crippen molar-refractivity contribution in [3.05, 3.63) is 28.3 Å². The van der Waals surface area contributed by atoms with Crippen molar-refractivity contribution in [1.82, 2.24) is 0 Å². The van der Waals surface area contributed by atoms with Gasteiger partial charge >= 0.3 is 5.97 Å². The zero-order valence-corrected chi connectivity index (χ0v) is 11.5. The Morgan fingerprint density at radius 2 is 2.25 bits per heavy atom. The lowest BCUT2D eigenvalue weighted by molar-refractivity contribution is -0.384. The lowest BCUT2D eigenvalue weighted by Gasteiger charge is -2.17. The molecule has 0 heterocycles. The number of carbonyl (C=O) groups is 1. The summed E-state index contributed by atoms with van der Waals surface area (Å²) in [6.45, 7) is 1.93. The zero-order chi connectivity index (χ0) is 15.1. The van der Waals surface area contributed by atoms with Crippen LogP contribution < -0.4 is 10.1 Å². The molecule has 20 heavy (non-hydrogen) atoms. The monoisotopic (exact) mass is 282 g/mol. The summed E-state index contributed by atoms with van der Waals surface area (Å²) in [5.74, 6) is -0.467. The number of benzene rings is 1. The van der Waals surface area contributed by atoms with E-state index in [0.29, 0.717) is 12.2 Å². The highest BCUT2D eigenvalue weighted by atomic mass is 16.6. The van der Waals surface area contributed by atoms with Crippen LogP contribution in [-0.2, 0) is 4.79 Å². The van der Waals surface area contributed by atoms with Gasteiger partial charge in [-0.3, -0.25) is 14.9 Å². The summed E-state index contributed by atoms with van der Waals surface area (Å²) in [4.78, 5) is 21.3. The van der Waals surface area contributed by atoms with Crippen LogP contribution in [0.25, 0.3) is 0 Å². The summed E-state index contributed by atoms with van der Waals surface area (Å²) in [5, 5.41) is 22.8. The maximum absolute atomic E-state index is 11.0. The molecule has 110 valence electrons. The first kappa shape index (κ1) is 15.7. The second-order valence-corrected chi connectivity index (χ2v) is 4.37. The molecule has 0 aliphatic heterocycles. The van der Waals surface area contributed by atoms with E-state index >= 15 is 0 Å². The number of nitrogens with zero attached hydrogens (tertiary/aromatic N) is 1. The van der Waals surface area contributed by atoms with Crippen molar-refractivity contribution in [3.63, 3.8) is 0 Å². The Labute approximate surface area is 116 Å². The van der Waals surface area contributed by atoms with Crippen molar-refractivity contribution in [2.45, 2.75) is 32.2 Å². The van der Waals surface area contributed by atoms with Crippen molar-refractivity contribution in [2.75, 3.05) is 12.4 Å². The fraction of sp³-hybridized carbons (Fsp3) is 0.462. The molecule has 0 saturated heterocycles. The Morgan fingerprint density at radius 3 is 2.75 bits per heavy atom. The van der Waals surface area contributed by atoms with Crippen molar-refractivity contribution in [3.8, 4) is 5.75 Å². The third-order valence-corrected chi connectivity index (χ3v) is 2.82. The van der Waals surface area contributed by atoms with Gasteiger partial charge in [0.25, 0.3) is 5.69 Å². The van der Waals surface area contributed by atoms with E-state index < -0.39 is 10.9 Å². The highest BCUT2D eigenvalue weighted by Gasteiger charge is 2.19. The van der Waals surface area contributed by atoms with Crippen molar-refractivity contribution in [2.24, 2.45) is 0 Å². The molecule has 0 aliphatic rings. The molecular weight excluding hydrogens is 264 g/mol. The summed E-state index contributed by atoms with van der Waals surface area (Å²) in [6.07, 6.45) is 1.30. The van der Waals surface area contributed by atoms with Crippen LogP contribution >= 0.6 is 0 Å². The van der Waals surface area contributed by atoms with E-state index in [9.17, 15) is 14.9 Å². The number of anilines is 1. The highest BCUT2D eigenvalue weighted by molar-refractivity contribution is 5.70. The number of hydrogen-bond acceptors (Lipinski definition) is 5. The Hall–Kier alpha value is -2.31. The van der Waals surface area contributed by atoms with Gasteiger partial charge in [0.05, 0.1) is 18.5 Å². The SMILES string of the molecule is CCCC(CC(=O)O)Nc1cc(OC)ccc1[N+](=O)[O-]. The third kappa shape index (κ3) is 4.42. The van der Waals surface area contributed by atoms with Gasteiger partial charge in [-0.1, -0.05) is 13.3 Å². The number of nitro benzene ring substituents is 1. The first-order chi connectivity index (χ1) is 9.47. The van der Waals surface area contributed by atoms with Crippen molar-refractivity contribution < 1.29 is 19.6 Å². The minimum Gasteiger partial charge on any atom is -0.497 e. The van der Waals surface area contributed by atoms with Gasteiger partial charge in [-0.2, -0.15) is 0 Å². The van der Waals surface area contributed by atoms with Gasteiger partial charge in [0, 0.05) is 18.2 Å². The van der Waals surface area contributed by atoms with Crippen LogP contribution in [0.5, 0.6) is 5.75 Å². The predicted molar refractivity (Wildman–Crippen MR) is 74.2 cm³/mol. The summed E-state index contributed by atoms with van der Waals surface area (Å²) < 4.78 is 5.03. The molecule has 0 fully saturated rings. The predicted octanol–water partition coefficient (Wildman–Crippen LogP) is 2.66. The number of nitro groups is 1. The van der Waals surface area contributed by atoms with Gasteiger partial charge < -0.3 is 15.2 Å². The van der Waals surface area contributed by atoms with Gasteiger partial charge in [0.15, 0.2) is 0 Å². The molecule has 2 N–H and O–H groups in total. The molecule has 1 unspecified atom stereocenters. The molecule has 0 aromatic heterocycles. The Balaban J connectivity index is 3.01.